The molecule has 1 aliphatic rings. The predicted molar refractivity (Wildman–Crippen MR) is 103 cm³/mol. The largest absolute Gasteiger partial charge is 0.462 e. The fourth-order valence-electron chi connectivity index (χ4n) is 2.90. The van der Waals surface area contributed by atoms with E-state index in [2.05, 4.69) is 0 Å². The molecule has 0 aromatic heterocycles. The third kappa shape index (κ3) is 3.41. The first-order valence-electron chi connectivity index (χ1n) is 8.28. The molecule has 0 radical (unpaired) electrons. The molecule has 0 saturated carbocycles. The van der Waals surface area contributed by atoms with Gasteiger partial charge >= 0.3 is 5.97 Å². The molecule has 26 heavy (non-hydrogen) atoms. The number of nitrogens with zero attached hydrogens (tertiary/aromatic N) is 1. The molecule has 1 amide bonds. The molecule has 0 N–H and O–H groups in total. The van der Waals surface area contributed by atoms with Crippen LogP contribution in [0.1, 0.15) is 19.4 Å². The van der Waals surface area contributed by atoms with Crippen LogP contribution in [0.15, 0.2) is 71.4 Å². The van der Waals surface area contributed by atoms with Crippen LogP contribution in [-0.4, -0.2) is 18.5 Å². The summed E-state index contributed by atoms with van der Waals surface area (Å²) in [7, 11) is 0. The molecule has 4 nitrogen and oxygen atoms in total. The minimum atomic E-state index is -0.503. The van der Waals surface area contributed by atoms with E-state index < -0.39 is 5.97 Å². The summed E-state index contributed by atoms with van der Waals surface area (Å²) in [5.74, 6) is -0.770. The molecule has 1 heterocycles. The lowest BCUT2D eigenvalue weighted by Crippen LogP contribution is -2.24. The van der Waals surface area contributed by atoms with Crippen LogP contribution < -0.4 is 4.90 Å². The maximum Gasteiger partial charge on any atom is 0.340 e. The zero-order valence-electron chi connectivity index (χ0n) is 14.5. The molecule has 0 aliphatic carbocycles. The standard InChI is InChI=1S/C21H18ClNO3/c1-3-26-21(25)19-14(2)23(17-11-9-16(22)10-12-17)20(24)18(19)13-15-7-5-4-6-8-15/h4-13H,3H2,1-2H3/b18-13-. The Morgan fingerprint density at radius 1 is 1.12 bits per heavy atom. The maximum atomic E-state index is 13.1. The Bertz CT molecular complexity index is 899. The van der Waals surface area contributed by atoms with Crippen LogP contribution in [0.4, 0.5) is 5.69 Å². The van der Waals surface area contributed by atoms with Crippen LogP contribution in [0.2, 0.25) is 5.02 Å². The highest BCUT2D eigenvalue weighted by molar-refractivity contribution is 6.30. The molecule has 1 aliphatic heterocycles. The Hall–Kier alpha value is -2.85. The van der Waals surface area contributed by atoms with Gasteiger partial charge in [-0.3, -0.25) is 9.69 Å². The van der Waals surface area contributed by atoms with Gasteiger partial charge in [0.25, 0.3) is 5.91 Å². The van der Waals surface area contributed by atoms with Crippen molar-refractivity contribution in [1.29, 1.82) is 0 Å². The number of esters is 1. The van der Waals surface area contributed by atoms with E-state index in [9.17, 15) is 9.59 Å². The van der Waals surface area contributed by atoms with Crippen molar-refractivity contribution in [2.75, 3.05) is 11.5 Å². The van der Waals surface area contributed by atoms with Gasteiger partial charge in [0, 0.05) is 16.4 Å². The van der Waals surface area contributed by atoms with E-state index in [1.807, 2.05) is 30.3 Å². The summed E-state index contributed by atoms with van der Waals surface area (Å²) >= 11 is 5.95. The summed E-state index contributed by atoms with van der Waals surface area (Å²) in [6.45, 7) is 3.72. The number of ether oxygens (including phenoxy) is 1. The monoisotopic (exact) mass is 367 g/mol. The average Bonchev–Trinajstić information content (AvgIpc) is 2.87. The van der Waals surface area contributed by atoms with E-state index in [-0.39, 0.29) is 18.1 Å². The SMILES string of the molecule is CCOC(=O)C1=C(C)N(c2ccc(Cl)cc2)C(=O)/C1=C\c1ccccc1. The maximum absolute atomic E-state index is 13.1. The molecule has 5 heteroatoms. The smallest absolute Gasteiger partial charge is 0.340 e. The molecule has 132 valence electrons. The van der Waals surface area contributed by atoms with Crippen molar-refractivity contribution < 1.29 is 14.3 Å². The van der Waals surface area contributed by atoms with Crippen molar-refractivity contribution in [2.45, 2.75) is 13.8 Å². The molecule has 0 atom stereocenters. The zero-order valence-corrected chi connectivity index (χ0v) is 15.3. The highest BCUT2D eigenvalue weighted by Crippen LogP contribution is 2.35. The van der Waals surface area contributed by atoms with E-state index in [0.717, 1.165) is 5.56 Å². The number of amides is 1. The number of rotatable bonds is 4. The summed E-state index contributed by atoms with van der Waals surface area (Å²) < 4.78 is 5.18. The third-order valence-corrected chi connectivity index (χ3v) is 4.33. The number of hydrogen-bond donors (Lipinski definition) is 0. The number of hydrogen-bond acceptors (Lipinski definition) is 3. The minimum Gasteiger partial charge on any atom is -0.462 e. The van der Waals surface area contributed by atoms with Gasteiger partial charge in [0.1, 0.15) is 0 Å². The van der Waals surface area contributed by atoms with Crippen LogP contribution in [0, 0.1) is 0 Å². The lowest BCUT2D eigenvalue weighted by atomic mass is 10.0. The minimum absolute atomic E-state index is 0.239. The van der Waals surface area contributed by atoms with Crippen LogP contribution >= 0.6 is 11.6 Å². The van der Waals surface area contributed by atoms with Gasteiger partial charge in [-0.15, -0.1) is 0 Å². The number of halogens is 1. The van der Waals surface area contributed by atoms with Gasteiger partial charge in [0.15, 0.2) is 0 Å². The Kier molecular flexibility index (Phi) is 5.24. The molecular formula is C21H18ClNO3. The molecular weight excluding hydrogens is 350 g/mol. The summed E-state index contributed by atoms with van der Waals surface area (Å²) in [6, 6.07) is 16.3. The van der Waals surface area contributed by atoms with Gasteiger partial charge in [-0.1, -0.05) is 41.9 Å². The fraction of sp³-hybridized carbons (Fsp3) is 0.143. The van der Waals surface area contributed by atoms with Gasteiger partial charge in [-0.25, -0.2) is 4.79 Å². The quantitative estimate of drug-likeness (QED) is 0.585. The van der Waals surface area contributed by atoms with Gasteiger partial charge in [0.2, 0.25) is 0 Å². The third-order valence-electron chi connectivity index (χ3n) is 4.08. The lowest BCUT2D eigenvalue weighted by Gasteiger charge is -2.17. The number of benzene rings is 2. The molecule has 0 spiro atoms. The van der Waals surface area contributed by atoms with E-state index in [1.165, 1.54) is 4.90 Å². The van der Waals surface area contributed by atoms with E-state index in [1.54, 1.807) is 44.2 Å². The molecule has 0 saturated heterocycles. The normalized spacial score (nSPS) is 15.7. The van der Waals surface area contributed by atoms with Gasteiger partial charge in [-0.05, 0) is 49.8 Å². The van der Waals surface area contributed by atoms with E-state index in [0.29, 0.717) is 22.0 Å². The Morgan fingerprint density at radius 3 is 2.38 bits per heavy atom. The summed E-state index contributed by atoms with van der Waals surface area (Å²) in [5, 5.41) is 0.577. The van der Waals surface area contributed by atoms with Crippen LogP contribution in [-0.2, 0) is 14.3 Å². The van der Waals surface area contributed by atoms with Crippen LogP contribution in [0.25, 0.3) is 6.08 Å². The van der Waals surface area contributed by atoms with E-state index >= 15 is 0 Å². The van der Waals surface area contributed by atoms with Crippen LogP contribution in [0.3, 0.4) is 0 Å². The second-order valence-corrected chi connectivity index (χ2v) is 6.20. The second-order valence-electron chi connectivity index (χ2n) is 5.77. The topological polar surface area (TPSA) is 46.6 Å². The molecule has 3 rings (SSSR count). The number of anilines is 1. The Labute approximate surface area is 157 Å². The van der Waals surface area contributed by atoms with Crippen LogP contribution in [0.5, 0.6) is 0 Å². The first-order valence-corrected chi connectivity index (χ1v) is 8.66. The molecule has 0 bridgehead atoms. The molecule has 2 aromatic rings. The number of carbonyl (C=O) groups excluding carboxylic acids is 2. The Balaban J connectivity index is 2.11. The van der Waals surface area contributed by atoms with E-state index in [4.69, 9.17) is 16.3 Å². The summed E-state index contributed by atoms with van der Waals surface area (Å²) in [4.78, 5) is 27.1. The zero-order chi connectivity index (χ0) is 18.7. The second kappa shape index (κ2) is 7.58. The summed E-state index contributed by atoms with van der Waals surface area (Å²) in [5.41, 5.74) is 2.63. The first-order chi connectivity index (χ1) is 12.5. The van der Waals surface area contributed by atoms with Crippen molar-refractivity contribution in [2.24, 2.45) is 0 Å². The van der Waals surface area contributed by atoms with Gasteiger partial charge < -0.3 is 4.74 Å². The molecule has 2 aromatic carbocycles. The molecule has 0 fully saturated rings. The average molecular weight is 368 g/mol. The van der Waals surface area contributed by atoms with Crippen molar-refractivity contribution >= 4 is 35.2 Å². The highest BCUT2D eigenvalue weighted by Gasteiger charge is 2.38. The van der Waals surface area contributed by atoms with Crippen molar-refractivity contribution in [3.8, 4) is 0 Å². The predicted octanol–water partition coefficient (Wildman–Crippen LogP) is 4.61. The number of allylic oxidation sites excluding steroid dienone is 1. The fourth-order valence-corrected chi connectivity index (χ4v) is 3.02. The highest BCUT2D eigenvalue weighted by atomic mass is 35.5. The van der Waals surface area contributed by atoms with Crippen molar-refractivity contribution in [3.63, 3.8) is 0 Å². The first kappa shape index (κ1) is 18.0. The Morgan fingerprint density at radius 2 is 1.77 bits per heavy atom. The molecule has 0 unspecified atom stereocenters. The number of carbonyl (C=O) groups is 2. The van der Waals surface area contributed by atoms with Crippen molar-refractivity contribution in [1.82, 2.24) is 0 Å². The summed E-state index contributed by atoms with van der Waals surface area (Å²) in [6.07, 6.45) is 1.72. The van der Waals surface area contributed by atoms with Gasteiger partial charge in [-0.2, -0.15) is 0 Å². The van der Waals surface area contributed by atoms with Gasteiger partial charge in [0.05, 0.1) is 17.8 Å². The lowest BCUT2D eigenvalue weighted by molar-refractivity contribution is -0.138. The van der Waals surface area contributed by atoms with Crippen molar-refractivity contribution in [3.05, 3.63) is 82.0 Å².